The molecule has 0 bridgehead atoms. The molecule has 0 saturated carbocycles. The molecule has 1 saturated heterocycles. The molecule has 2 heterocycles. The number of fused-ring (bicyclic) bond motifs is 1. The van der Waals surface area contributed by atoms with Crippen LogP contribution in [0.4, 0.5) is 0 Å². The zero-order valence-electron chi connectivity index (χ0n) is 16.0. The van der Waals surface area contributed by atoms with E-state index in [-0.39, 0.29) is 4.90 Å². The van der Waals surface area contributed by atoms with Crippen molar-refractivity contribution in [1.29, 1.82) is 0 Å². The van der Waals surface area contributed by atoms with E-state index in [0.29, 0.717) is 5.52 Å². The molecule has 1 N–H and O–H groups in total. The minimum atomic E-state index is -3.66. The van der Waals surface area contributed by atoms with Crippen molar-refractivity contribution >= 4 is 20.9 Å². The van der Waals surface area contributed by atoms with E-state index in [0.717, 1.165) is 55.8 Å². The van der Waals surface area contributed by atoms with Crippen LogP contribution in [-0.2, 0) is 16.4 Å². The van der Waals surface area contributed by atoms with E-state index in [1.54, 1.807) is 43.6 Å². The van der Waals surface area contributed by atoms with Crippen LogP contribution in [0, 0.1) is 0 Å². The Bertz CT molecular complexity index is 1060. The second-order valence-corrected chi connectivity index (χ2v) is 8.81. The van der Waals surface area contributed by atoms with Crippen LogP contribution in [0.25, 0.3) is 10.9 Å². The summed E-state index contributed by atoms with van der Waals surface area (Å²) in [5, 5.41) is 4.28. The fraction of sp³-hybridized carbons (Fsp3) is 0.333. The predicted molar refractivity (Wildman–Crippen MR) is 111 cm³/mol. The van der Waals surface area contributed by atoms with Crippen molar-refractivity contribution < 1.29 is 13.2 Å². The number of rotatable bonds is 6. The molecule has 28 heavy (non-hydrogen) atoms. The maximum absolute atomic E-state index is 13.2. The molecule has 0 radical (unpaired) electrons. The smallest absolute Gasteiger partial charge is 0.268 e. The van der Waals surface area contributed by atoms with Gasteiger partial charge in [0.05, 0.1) is 17.5 Å². The summed E-state index contributed by atoms with van der Waals surface area (Å²) in [7, 11) is -2.03. The van der Waals surface area contributed by atoms with Crippen LogP contribution in [0.2, 0.25) is 0 Å². The number of piperazine rings is 1. The average molecular weight is 400 g/mol. The lowest BCUT2D eigenvalue weighted by molar-refractivity contribution is 0.244. The number of nitrogens with zero attached hydrogens (tertiary/aromatic N) is 2. The van der Waals surface area contributed by atoms with Gasteiger partial charge in [-0.1, -0.05) is 18.2 Å². The normalized spacial score (nSPS) is 15.8. The lowest BCUT2D eigenvalue weighted by Gasteiger charge is -2.26. The third kappa shape index (κ3) is 3.65. The first kappa shape index (κ1) is 19.0. The van der Waals surface area contributed by atoms with Crippen molar-refractivity contribution in [2.24, 2.45) is 0 Å². The van der Waals surface area contributed by atoms with Gasteiger partial charge in [0.15, 0.2) is 0 Å². The van der Waals surface area contributed by atoms with Gasteiger partial charge in [-0.3, -0.25) is 0 Å². The zero-order chi connectivity index (χ0) is 19.6. The molecule has 0 amide bonds. The highest BCUT2D eigenvalue weighted by atomic mass is 32.2. The average Bonchev–Trinajstić information content (AvgIpc) is 3.12. The van der Waals surface area contributed by atoms with Gasteiger partial charge in [-0.2, -0.15) is 0 Å². The summed E-state index contributed by atoms with van der Waals surface area (Å²) >= 11 is 0. The molecule has 1 aromatic heterocycles. The molecule has 2 aromatic carbocycles. The lowest BCUT2D eigenvalue weighted by atomic mass is 10.1. The number of benzene rings is 2. The molecule has 6 nitrogen and oxygen atoms in total. The largest absolute Gasteiger partial charge is 0.497 e. The fourth-order valence-electron chi connectivity index (χ4n) is 3.69. The Morgan fingerprint density at radius 3 is 2.54 bits per heavy atom. The van der Waals surface area contributed by atoms with E-state index in [1.165, 1.54) is 3.97 Å². The van der Waals surface area contributed by atoms with Crippen LogP contribution in [0.3, 0.4) is 0 Å². The molecule has 0 aliphatic carbocycles. The van der Waals surface area contributed by atoms with Gasteiger partial charge >= 0.3 is 0 Å². The van der Waals surface area contributed by atoms with Gasteiger partial charge in [-0.15, -0.1) is 0 Å². The molecule has 0 atom stereocenters. The Kier molecular flexibility index (Phi) is 5.39. The minimum absolute atomic E-state index is 0.288. The van der Waals surface area contributed by atoms with Crippen LogP contribution < -0.4 is 10.1 Å². The highest BCUT2D eigenvalue weighted by Gasteiger charge is 2.22. The van der Waals surface area contributed by atoms with E-state index >= 15 is 0 Å². The predicted octanol–water partition coefficient (Wildman–Crippen LogP) is 2.33. The Labute approximate surface area is 165 Å². The van der Waals surface area contributed by atoms with Crippen LogP contribution in [0.1, 0.15) is 5.56 Å². The third-order valence-electron chi connectivity index (χ3n) is 5.27. The van der Waals surface area contributed by atoms with Crippen LogP contribution >= 0.6 is 0 Å². The molecule has 7 heteroatoms. The maximum atomic E-state index is 13.2. The number of hydrogen-bond acceptors (Lipinski definition) is 5. The monoisotopic (exact) mass is 399 g/mol. The molecule has 0 unspecified atom stereocenters. The first-order chi connectivity index (χ1) is 13.6. The lowest BCUT2D eigenvalue weighted by Crippen LogP contribution is -2.44. The molecule has 1 fully saturated rings. The molecule has 0 spiro atoms. The van der Waals surface area contributed by atoms with E-state index in [9.17, 15) is 8.42 Å². The van der Waals surface area contributed by atoms with Crippen LogP contribution in [0.15, 0.2) is 59.6 Å². The Morgan fingerprint density at radius 1 is 1.07 bits per heavy atom. The Morgan fingerprint density at radius 2 is 1.82 bits per heavy atom. The standard InChI is InChI=1S/C21H25N3O3S/c1-27-18-7-8-21-20(15-18)17(9-12-23-13-10-22-11-14-23)16-24(21)28(25,26)19-5-3-2-4-6-19/h2-8,15-16,22H,9-14H2,1H3. The van der Waals surface area contributed by atoms with E-state index < -0.39 is 10.0 Å². The number of ether oxygens (including phenoxy) is 1. The Balaban J connectivity index is 1.75. The van der Waals surface area contributed by atoms with Crippen LogP contribution in [0.5, 0.6) is 5.75 Å². The van der Waals surface area contributed by atoms with Gasteiger partial charge in [0.2, 0.25) is 0 Å². The topological polar surface area (TPSA) is 63.6 Å². The van der Waals surface area contributed by atoms with Crippen molar-refractivity contribution in [3.63, 3.8) is 0 Å². The van der Waals surface area contributed by atoms with Crippen molar-refractivity contribution in [1.82, 2.24) is 14.2 Å². The van der Waals surface area contributed by atoms with Gasteiger partial charge in [-0.25, -0.2) is 12.4 Å². The summed E-state index contributed by atoms with van der Waals surface area (Å²) < 4.78 is 33.2. The molecule has 4 rings (SSSR count). The van der Waals surface area contributed by atoms with Gasteiger partial charge in [0, 0.05) is 44.3 Å². The number of nitrogens with one attached hydrogen (secondary N) is 1. The quantitative estimate of drug-likeness (QED) is 0.689. The van der Waals surface area contributed by atoms with Crippen molar-refractivity contribution in [3.05, 3.63) is 60.3 Å². The van der Waals surface area contributed by atoms with Gasteiger partial charge in [-0.05, 0) is 42.3 Å². The summed E-state index contributed by atoms with van der Waals surface area (Å²) in [5.74, 6) is 0.728. The van der Waals surface area contributed by atoms with E-state index in [4.69, 9.17) is 4.74 Å². The molecular formula is C21H25N3O3S. The van der Waals surface area contributed by atoms with Crippen molar-refractivity contribution in [2.75, 3.05) is 39.8 Å². The highest BCUT2D eigenvalue weighted by Crippen LogP contribution is 2.29. The summed E-state index contributed by atoms with van der Waals surface area (Å²) in [5.41, 5.74) is 1.70. The third-order valence-corrected chi connectivity index (χ3v) is 6.96. The van der Waals surface area contributed by atoms with Gasteiger partial charge in [0.1, 0.15) is 5.75 Å². The van der Waals surface area contributed by atoms with E-state index in [1.807, 2.05) is 18.2 Å². The summed E-state index contributed by atoms with van der Waals surface area (Å²) in [4.78, 5) is 2.70. The molecule has 148 valence electrons. The molecule has 1 aliphatic heterocycles. The van der Waals surface area contributed by atoms with Crippen molar-refractivity contribution in [2.45, 2.75) is 11.3 Å². The molecular weight excluding hydrogens is 374 g/mol. The second-order valence-electron chi connectivity index (χ2n) is 6.99. The summed E-state index contributed by atoms with van der Waals surface area (Å²) in [6.07, 6.45) is 2.57. The SMILES string of the molecule is COc1ccc2c(c1)c(CCN1CCNCC1)cn2S(=O)(=O)c1ccccc1. The molecule has 1 aliphatic rings. The maximum Gasteiger partial charge on any atom is 0.268 e. The van der Waals surface area contributed by atoms with Crippen molar-refractivity contribution in [3.8, 4) is 5.75 Å². The number of hydrogen-bond donors (Lipinski definition) is 1. The number of methoxy groups -OCH3 is 1. The van der Waals surface area contributed by atoms with Gasteiger partial charge in [0.25, 0.3) is 10.0 Å². The van der Waals surface area contributed by atoms with E-state index in [2.05, 4.69) is 10.2 Å². The zero-order valence-corrected chi connectivity index (χ0v) is 16.8. The molecule has 3 aromatic rings. The summed E-state index contributed by atoms with van der Waals surface area (Å²) in [6.45, 7) is 4.94. The first-order valence-corrected chi connectivity index (χ1v) is 11.0. The minimum Gasteiger partial charge on any atom is -0.497 e. The van der Waals surface area contributed by atoms with Gasteiger partial charge < -0.3 is 15.0 Å². The number of aromatic nitrogens is 1. The first-order valence-electron chi connectivity index (χ1n) is 9.51. The van der Waals surface area contributed by atoms with Crippen LogP contribution in [-0.4, -0.2) is 57.1 Å². The second kappa shape index (κ2) is 7.95. The fourth-order valence-corrected chi connectivity index (χ4v) is 5.10. The Hall–Kier alpha value is -2.35. The highest BCUT2D eigenvalue weighted by molar-refractivity contribution is 7.90. The summed E-state index contributed by atoms with van der Waals surface area (Å²) in [6, 6.07) is 14.1.